The van der Waals surface area contributed by atoms with E-state index in [1.54, 1.807) is 7.05 Å². The van der Waals surface area contributed by atoms with Crippen LogP contribution in [-0.2, 0) is 21.3 Å². The second-order valence-corrected chi connectivity index (χ2v) is 7.02. The highest BCUT2D eigenvalue weighted by molar-refractivity contribution is 7.89. The van der Waals surface area contributed by atoms with Gasteiger partial charge in [0.25, 0.3) is 0 Å². The molecule has 1 saturated heterocycles. The lowest BCUT2D eigenvalue weighted by molar-refractivity contribution is 0.00859. The second kappa shape index (κ2) is 6.11. The molecule has 0 radical (unpaired) electrons. The van der Waals surface area contributed by atoms with Gasteiger partial charge in [-0.15, -0.1) is 0 Å². The molecule has 0 aromatic carbocycles. The molecule has 8 heteroatoms. The molecule has 0 saturated carbocycles. The third kappa shape index (κ3) is 3.13. The van der Waals surface area contributed by atoms with Gasteiger partial charge in [-0.2, -0.15) is 9.40 Å². The Balaban J connectivity index is 2.13. The first kappa shape index (κ1) is 15.3. The number of ether oxygens (including phenoxy) is 1. The summed E-state index contributed by atoms with van der Waals surface area (Å²) >= 11 is 0. The smallest absolute Gasteiger partial charge is 0.248 e. The summed E-state index contributed by atoms with van der Waals surface area (Å²) in [6, 6.07) is 0. The number of hydrogen-bond acceptors (Lipinski definition) is 5. The van der Waals surface area contributed by atoms with Crippen LogP contribution in [0.2, 0.25) is 0 Å². The lowest BCUT2D eigenvalue weighted by Crippen LogP contribution is -2.37. The minimum Gasteiger partial charge on any atom is -0.381 e. The van der Waals surface area contributed by atoms with Crippen LogP contribution in [0.4, 0.5) is 5.82 Å². The van der Waals surface area contributed by atoms with Crippen molar-refractivity contribution >= 4 is 15.8 Å². The molecule has 0 bridgehead atoms. The summed E-state index contributed by atoms with van der Waals surface area (Å²) < 4.78 is 33.4. The number of anilines is 1. The first-order chi connectivity index (χ1) is 9.45. The molecular weight excluding hydrogens is 280 g/mol. The number of likely N-dealkylation sites (N-methyl/N-ethyl adjacent to an activating group) is 1. The molecule has 0 aliphatic carbocycles. The third-order valence-corrected chi connectivity index (χ3v) is 5.34. The van der Waals surface area contributed by atoms with Gasteiger partial charge in [0.2, 0.25) is 10.0 Å². The molecule has 2 N–H and O–H groups in total. The highest BCUT2D eigenvalue weighted by atomic mass is 32.2. The van der Waals surface area contributed by atoms with E-state index in [0.29, 0.717) is 19.7 Å². The van der Waals surface area contributed by atoms with E-state index in [1.807, 2.05) is 6.92 Å². The highest BCUT2D eigenvalue weighted by Gasteiger charge is 2.28. The number of nitrogens with zero attached hydrogens (tertiary/aromatic N) is 3. The van der Waals surface area contributed by atoms with Crippen molar-refractivity contribution < 1.29 is 13.2 Å². The minimum absolute atomic E-state index is 0.0361. The van der Waals surface area contributed by atoms with Gasteiger partial charge < -0.3 is 10.5 Å². The maximum atomic E-state index is 12.5. The van der Waals surface area contributed by atoms with E-state index in [9.17, 15) is 8.42 Å². The Bertz CT molecular complexity index is 549. The van der Waals surface area contributed by atoms with Gasteiger partial charge in [-0.05, 0) is 26.2 Å². The number of nitrogens with two attached hydrogens (primary N) is 1. The predicted molar refractivity (Wildman–Crippen MR) is 75.7 cm³/mol. The number of nitrogen functional groups attached to an aromatic ring is 1. The van der Waals surface area contributed by atoms with Crippen LogP contribution >= 0.6 is 0 Å². The summed E-state index contributed by atoms with van der Waals surface area (Å²) in [5.74, 6) is 0.0447. The van der Waals surface area contributed by atoms with E-state index in [0.717, 1.165) is 19.3 Å². The molecule has 1 atom stereocenters. The van der Waals surface area contributed by atoms with Gasteiger partial charge >= 0.3 is 0 Å². The van der Waals surface area contributed by atoms with Crippen LogP contribution in [-0.4, -0.2) is 48.8 Å². The molecule has 0 amide bonds. The molecule has 1 unspecified atom stereocenters. The Morgan fingerprint density at radius 3 is 2.85 bits per heavy atom. The van der Waals surface area contributed by atoms with Gasteiger partial charge in [0.1, 0.15) is 4.90 Å². The van der Waals surface area contributed by atoms with Crippen LogP contribution < -0.4 is 5.73 Å². The zero-order chi connectivity index (χ0) is 14.8. The van der Waals surface area contributed by atoms with Crippen LogP contribution in [0.1, 0.15) is 26.2 Å². The number of hydrogen-bond donors (Lipinski definition) is 1. The molecule has 114 valence electrons. The minimum atomic E-state index is -3.61. The molecule has 20 heavy (non-hydrogen) atoms. The van der Waals surface area contributed by atoms with Crippen LogP contribution in [0.5, 0.6) is 0 Å². The number of aryl methyl sites for hydroxylation is 1. The van der Waals surface area contributed by atoms with Crippen molar-refractivity contribution in [3.05, 3.63) is 6.20 Å². The molecule has 2 rings (SSSR count). The fourth-order valence-corrected chi connectivity index (χ4v) is 3.54. The first-order valence-corrected chi connectivity index (χ1v) is 8.30. The van der Waals surface area contributed by atoms with Crippen molar-refractivity contribution in [3.8, 4) is 0 Å². The third-order valence-electron chi connectivity index (χ3n) is 3.50. The quantitative estimate of drug-likeness (QED) is 0.863. The Labute approximate surface area is 119 Å². The molecule has 1 fully saturated rings. The Kier molecular flexibility index (Phi) is 4.66. The summed E-state index contributed by atoms with van der Waals surface area (Å²) in [6.45, 7) is 3.51. The van der Waals surface area contributed by atoms with Gasteiger partial charge in [0, 0.05) is 32.9 Å². The zero-order valence-corrected chi connectivity index (χ0v) is 12.8. The summed E-state index contributed by atoms with van der Waals surface area (Å²) in [5, 5.41) is 3.98. The fourth-order valence-electron chi connectivity index (χ4n) is 2.28. The largest absolute Gasteiger partial charge is 0.381 e. The van der Waals surface area contributed by atoms with Crippen molar-refractivity contribution in [1.82, 2.24) is 14.1 Å². The van der Waals surface area contributed by atoms with E-state index >= 15 is 0 Å². The summed E-state index contributed by atoms with van der Waals surface area (Å²) in [5.41, 5.74) is 5.70. The summed E-state index contributed by atoms with van der Waals surface area (Å²) in [4.78, 5) is 0.0673. The molecule has 2 heterocycles. The molecule has 1 aromatic rings. The van der Waals surface area contributed by atoms with E-state index in [2.05, 4.69) is 5.10 Å². The number of aromatic nitrogens is 2. The van der Waals surface area contributed by atoms with Crippen LogP contribution in [0.15, 0.2) is 11.1 Å². The summed E-state index contributed by atoms with van der Waals surface area (Å²) in [6.07, 6.45) is 4.45. The second-order valence-electron chi connectivity index (χ2n) is 5.01. The van der Waals surface area contributed by atoms with E-state index < -0.39 is 10.0 Å². The van der Waals surface area contributed by atoms with Crippen LogP contribution in [0.25, 0.3) is 0 Å². The molecule has 0 spiro atoms. The lowest BCUT2D eigenvalue weighted by Gasteiger charge is -2.26. The molecule has 7 nitrogen and oxygen atoms in total. The zero-order valence-electron chi connectivity index (χ0n) is 11.9. The molecule has 1 aromatic heterocycles. The average Bonchev–Trinajstić information content (AvgIpc) is 2.82. The Morgan fingerprint density at radius 2 is 2.30 bits per heavy atom. The van der Waals surface area contributed by atoms with Crippen molar-refractivity contribution in [2.45, 2.75) is 43.7 Å². The van der Waals surface area contributed by atoms with Gasteiger partial charge in [-0.1, -0.05) is 0 Å². The van der Waals surface area contributed by atoms with Crippen molar-refractivity contribution in [3.63, 3.8) is 0 Å². The van der Waals surface area contributed by atoms with Crippen molar-refractivity contribution in [1.29, 1.82) is 0 Å². The van der Waals surface area contributed by atoms with Crippen LogP contribution in [0.3, 0.4) is 0 Å². The Morgan fingerprint density at radius 1 is 1.55 bits per heavy atom. The predicted octanol–water partition coefficient (Wildman–Crippen LogP) is 0.675. The first-order valence-electron chi connectivity index (χ1n) is 6.86. The molecular formula is C12H22N4O3S. The van der Waals surface area contributed by atoms with E-state index in [1.165, 1.54) is 15.2 Å². The van der Waals surface area contributed by atoms with Crippen molar-refractivity contribution in [2.24, 2.45) is 0 Å². The summed E-state index contributed by atoms with van der Waals surface area (Å²) in [7, 11) is -2.06. The van der Waals surface area contributed by atoms with E-state index in [-0.39, 0.29) is 16.8 Å². The fraction of sp³-hybridized carbons (Fsp3) is 0.750. The average molecular weight is 302 g/mol. The molecule has 1 aliphatic heterocycles. The van der Waals surface area contributed by atoms with E-state index in [4.69, 9.17) is 10.5 Å². The normalized spacial score (nSPS) is 20.4. The highest BCUT2D eigenvalue weighted by Crippen LogP contribution is 2.22. The maximum absolute atomic E-state index is 12.5. The topological polar surface area (TPSA) is 90.5 Å². The lowest BCUT2D eigenvalue weighted by atomic mass is 10.1. The Hall–Kier alpha value is -1.12. The monoisotopic (exact) mass is 302 g/mol. The number of sulfonamides is 1. The van der Waals surface area contributed by atoms with Crippen LogP contribution in [0, 0.1) is 0 Å². The molecule has 1 aliphatic rings. The maximum Gasteiger partial charge on any atom is 0.248 e. The van der Waals surface area contributed by atoms with Gasteiger partial charge in [-0.3, -0.25) is 4.68 Å². The van der Waals surface area contributed by atoms with Crippen molar-refractivity contribution in [2.75, 3.05) is 25.9 Å². The standard InChI is InChI=1S/C12H22N4O3S/c1-3-16-9-11(12(13)14-16)20(17,18)15(2)8-10-6-4-5-7-19-10/h9-10H,3-8H2,1-2H3,(H2,13,14). The number of rotatable bonds is 5. The van der Waals surface area contributed by atoms with Gasteiger partial charge in [0.05, 0.1) is 6.10 Å². The SMILES string of the molecule is CCn1cc(S(=O)(=O)N(C)CC2CCCCO2)c(N)n1. The van der Waals surface area contributed by atoms with Gasteiger partial charge in [-0.25, -0.2) is 8.42 Å². The van der Waals surface area contributed by atoms with Gasteiger partial charge in [0.15, 0.2) is 5.82 Å².